The van der Waals surface area contributed by atoms with Crippen molar-refractivity contribution in [3.63, 3.8) is 0 Å². The molecule has 0 saturated heterocycles. The van der Waals surface area contributed by atoms with E-state index < -0.39 is 5.56 Å². The normalized spacial score (nSPS) is 10.4. The van der Waals surface area contributed by atoms with Crippen LogP contribution in [0.1, 0.15) is 21.5 Å². The molecule has 1 aromatic heterocycles. The summed E-state index contributed by atoms with van der Waals surface area (Å²) in [5.74, 6) is -0.102. The van der Waals surface area contributed by atoms with Crippen molar-refractivity contribution >= 4 is 18.1 Å². The maximum atomic E-state index is 12.2. The average molecular weight is 372 g/mol. The lowest BCUT2D eigenvalue weighted by Gasteiger charge is -2.06. The highest BCUT2D eigenvalue weighted by molar-refractivity contribution is 5.95. The summed E-state index contributed by atoms with van der Waals surface area (Å²) in [6.07, 6.45) is 1.49. The summed E-state index contributed by atoms with van der Waals surface area (Å²) in [4.78, 5) is 30.7. The molecule has 0 bridgehead atoms. The fourth-order valence-electron chi connectivity index (χ4n) is 2.51. The number of nitrogens with zero attached hydrogens (tertiary/aromatic N) is 3. The van der Waals surface area contributed by atoms with E-state index in [1.807, 2.05) is 12.1 Å². The van der Waals surface area contributed by atoms with Crippen LogP contribution in [0.4, 0.5) is 5.95 Å². The van der Waals surface area contributed by atoms with Crippen molar-refractivity contribution in [1.29, 1.82) is 5.26 Å². The molecule has 138 valence electrons. The fraction of sp³-hybridized carbons (Fsp3) is 0.0500. The van der Waals surface area contributed by atoms with Crippen LogP contribution in [0.3, 0.4) is 0 Å². The first-order valence-corrected chi connectivity index (χ1v) is 8.33. The highest BCUT2D eigenvalue weighted by Crippen LogP contribution is 2.19. The maximum Gasteiger partial charge on any atom is 0.270 e. The molecule has 3 N–H and O–H groups in total. The van der Waals surface area contributed by atoms with Crippen LogP contribution in [-0.4, -0.2) is 29.1 Å². The van der Waals surface area contributed by atoms with Gasteiger partial charge in [-0.2, -0.15) is 10.4 Å². The third-order valence-electron chi connectivity index (χ3n) is 3.84. The Kier molecular flexibility index (Phi) is 5.58. The molecule has 28 heavy (non-hydrogen) atoms. The minimum atomic E-state index is -0.560. The van der Waals surface area contributed by atoms with Crippen molar-refractivity contribution in [2.45, 2.75) is 0 Å². The number of amides is 1. The third-order valence-corrected chi connectivity index (χ3v) is 3.84. The summed E-state index contributed by atoms with van der Waals surface area (Å²) < 4.78 is 0. The molecule has 0 unspecified atom stereocenters. The van der Waals surface area contributed by atoms with Gasteiger partial charge in [0.1, 0.15) is 11.6 Å². The number of nitrogens with one attached hydrogen (secondary N) is 3. The number of benzene rings is 2. The molecule has 8 nitrogen and oxygen atoms in total. The number of hydrazone groups is 1. The number of aromatic nitrogens is 2. The lowest BCUT2D eigenvalue weighted by Crippen LogP contribution is -2.17. The van der Waals surface area contributed by atoms with Crippen molar-refractivity contribution in [1.82, 2.24) is 15.3 Å². The van der Waals surface area contributed by atoms with Gasteiger partial charge in [-0.05, 0) is 17.7 Å². The monoisotopic (exact) mass is 372 g/mol. The van der Waals surface area contributed by atoms with Gasteiger partial charge in [0.2, 0.25) is 5.95 Å². The van der Waals surface area contributed by atoms with Gasteiger partial charge in [0.25, 0.3) is 11.5 Å². The Bertz CT molecular complexity index is 1130. The van der Waals surface area contributed by atoms with Crippen molar-refractivity contribution in [3.05, 3.63) is 81.6 Å². The van der Waals surface area contributed by atoms with Gasteiger partial charge in [-0.3, -0.25) is 14.6 Å². The molecule has 0 fully saturated rings. The van der Waals surface area contributed by atoms with E-state index in [2.05, 4.69) is 25.8 Å². The van der Waals surface area contributed by atoms with Gasteiger partial charge in [0.15, 0.2) is 0 Å². The summed E-state index contributed by atoms with van der Waals surface area (Å²) in [6, 6.07) is 17.7. The second kappa shape index (κ2) is 8.42. The predicted octanol–water partition coefficient (Wildman–Crippen LogP) is 2.11. The minimum absolute atomic E-state index is 0.0704. The maximum absolute atomic E-state index is 12.2. The van der Waals surface area contributed by atoms with Crippen LogP contribution in [0.2, 0.25) is 0 Å². The van der Waals surface area contributed by atoms with E-state index in [1.165, 1.54) is 6.21 Å². The molecule has 8 heteroatoms. The smallest absolute Gasteiger partial charge is 0.270 e. The summed E-state index contributed by atoms with van der Waals surface area (Å²) >= 11 is 0. The number of hydrogen-bond acceptors (Lipinski definition) is 6. The van der Waals surface area contributed by atoms with Crippen LogP contribution in [0.25, 0.3) is 11.3 Å². The fourth-order valence-corrected chi connectivity index (χ4v) is 2.51. The molecule has 0 radical (unpaired) electrons. The number of H-pyrrole nitrogens is 1. The molecule has 1 heterocycles. The van der Waals surface area contributed by atoms with E-state index in [0.717, 1.165) is 0 Å². The number of hydrogen-bond donors (Lipinski definition) is 3. The molecule has 2 aromatic carbocycles. The standard InChI is InChI=1S/C20H16N6O2/c1-22-18(27)15-9-5-6-13(10-15)12-23-26-20-24-17(14-7-3-2-4-8-14)16(11-21)19(28)25-20/h2-10,12H,1H3,(H,22,27)(H2,24,25,26,28). The van der Waals surface area contributed by atoms with Crippen LogP contribution >= 0.6 is 0 Å². The SMILES string of the molecule is CNC(=O)c1cccc(C=NNc2nc(-c3ccccc3)c(C#N)c(=O)[nH]2)c1. The molecule has 3 aromatic rings. The highest BCUT2D eigenvalue weighted by Gasteiger charge is 2.12. The Hall–Kier alpha value is -4.25. The van der Waals surface area contributed by atoms with Gasteiger partial charge in [0, 0.05) is 18.2 Å². The van der Waals surface area contributed by atoms with Crippen LogP contribution in [0.5, 0.6) is 0 Å². The summed E-state index contributed by atoms with van der Waals surface area (Å²) in [5.41, 5.74) is 4.13. The molecule has 1 amide bonds. The summed E-state index contributed by atoms with van der Waals surface area (Å²) in [5, 5.41) is 15.9. The number of carbonyl (C=O) groups is 1. The number of anilines is 1. The van der Waals surface area contributed by atoms with Crippen molar-refractivity contribution in [2.75, 3.05) is 12.5 Å². The van der Waals surface area contributed by atoms with Crippen LogP contribution in [0.15, 0.2) is 64.5 Å². The molecule has 0 aliphatic heterocycles. The lowest BCUT2D eigenvalue weighted by molar-refractivity contribution is 0.0963. The van der Waals surface area contributed by atoms with E-state index in [4.69, 9.17) is 0 Å². The zero-order valence-corrected chi connectivity index (χ0v) is 14.9. The molecule has 0 aliphatic carbocycles. The quantitative estimate of drug-likeness (QED) is 0.467. The summed E-state index contributed by atoms with van der Waals surface area (Å²) in [6.45, 7) is 0. The van der Waals surface area contributed by atoms with Gasteiger partial charge < -0.3 is 5.32 Å². The summed E-state index contributed by atoms with van der Waals surface area (Å²) in [7, 11) is 1.56. The van der Waals surface area contributed by atoms with E-state index in [0.29, 0.717) is 16.7 Å². The van der Waals surface area contributed by atoms with Crippen LogP contribution in [0, 0.1) is 11.3 Å². The van der Waals surface area contributed by atoms with E-state index in [9.17, 15) is 14.9 Å². The second-order valence-corrected chi connectivity index (χ2v) is 5.69. The van der Waals surface area contributed by atoms with Crippen LogP contribution < -0.4 is 16.3 Å². The third kappa shape index (κ3) is 4.11. The Morgan fingerprint density at radius 2 is 2.00 bits per heavy atom. The van der Waals surface area contributed by atoms with Crippen molar-refractivity contribution in [3.8, 4) is 17.3 Å². The topological polar surface area (TPSA) is 123 Å². The van der Waals surface area contributed by atoms with Gasteiger partial charge in [0.05, 0.1) is 11.9 Å². The van der Waals surface area contributed by atoms with Crippen molar-refractivity contribution < 1.29 is 4.79 Å². The highest BCUT2D eigenvalue weighted by atomic mass is 16.1. The molecule has 0 aliphatic rings. The number of aromatic amines is 1. The van der Waals surface area contributed by atoms with Crippen molar-refractivity contribution in [2.24, 2.45) is 5.10 Å². The zero-order chi connectivity index (χ0) is 19.9. The Labute approximate surface area is 160 Å². The van der Waals surface area contributed by atoms with Gasteiger partial charge >= 0.3 is 0 Å². The lowest BCUT2D eigenvalue weighted by atomic mass is 10.1. The van der Waals surface area contributed by atoms with E-state index in [1.54, 1.807) is 55.6 Å². The molecular weight excluding hydrogens is 356 g/mol. The molecule has 0 saturated carbocycles. The first-order valence-electron chi connectivity index (χ1n) is 8.33. The molecular formula is C20H16N6O2. The number of nitriles is 1. The van der Waals surface area contributed by atoms with Gasteiger partial charge in [-0.25, -0.2) is 10.4 Å². The first-order chi connectivity index (χ1) is 13.6. The number of rotatable bonds is 5. The average Bonchev–Trinajstić information content (AvgIpc) is 2.73. The minimum Gasteiger partial charge on any atom is -0.355 e. The molecule has 0 atom stereocenters. The van der Waals surface area contributed by atoms with Gasteiger partial charge in [-0.15, -0.1) is 0 Å². The van der Waals surface area contributed by atoms with Gasteiger partial charge in [-0.1, -0.05) is 42.5 Å². The first kappa shape index (κ1) is 18.5. The Morgan fingerprint density at radius 3 is 2.71 bits per heavy atom. The Morgan fingerprint density at radius 1 is 1.21 bits per heavy atom. The zero-order valence-electron chi connectivity index (χ0n) is 14.9. The molecule has 0 spiro atoms. The second-order valence-electron chi connectivity index (χ2n) is 5.69. The molecule has 3 rings (SSSR count). The predicted molar refractivity (Wildman–Crippen MR) is 106 cm³/mol. The van der Waals surface area contributed by atoms with E-state index >= 15 is 0 Å². The number of carbonyl (C=O) groups excluding carboxylic acids is 1. The van der Waals surface area contributed by atoms with Crippen LogP contribution in [-0.2, 0) is 0 Å². The Balaban J connectivity index is 1.87. The largest absolute Gasteiger partial charge is 0.355 e. The van der Waals surface area contributed by atoms with E-state index in [-0.39, 0.29) is 23.1 Å².